The monoisotopic (exact) mass is 430 g/mol. The topological polar surface area (TPSA) is 75.7 Å². The maximum atomic E-state index is 12.4. The Morgan fingerprint density at radius 2 is 1.85 bits per heavy atom. The highest BCUT2D eigenvalue weighted by molar-refractivity contribution is 9.10. The fourth-order valence-corrected chi connectivity index (χ4v) is 3.30. The van der Waals surface area contributed by atoms with Crippen molar-refractivity contribution in [3.8, 4) is 5.75 Å². The van der Waals surface area contributed by atoms with Gasteiger partial charge < -0.3 is 10.1 Å². The molecule has 1 N–H and O–H groups in total. The van der Waals surface area contributed by atoms with Crippen LogP contribution in [0.5, 0.6) is 5.75 Å². The van der Waals surface area contributed by atoms with Gasteiger partial charge in [-0.3, -0.25) is 19.3 Å². The number of halogens is 1. The standard InChI is InChI=1S/C20H19BrN2O4/c1-12-3-4-13(9-17(12)27-2)11-22-18(24)7-8-23-19(25)15-6-5-14(21)10-16(15)20(23)26/h3-6,9-10H,7-8,11H2,1-2H3,(H,22,24). The Hall–Kier alpha value is -2.67. The minimum absolute atomic E-state index is 0.0486. The number of aryl methyl sites for hydroxylation is 1. The second-order valence-corrected chi connectivity index (χ2v) is 7.20. The van der Waals surface area contributed by atoms with Crippen molar-refractivity contribution in [3.05, 3.63) is 63.1 Å². The van der Waals surface area contributed by atoms with Crippen LogP contribution >= 0.6 is 15.9 Å². The van der Waals surface area contributed by atoms with Gasteiger partial charge in [0.05, 0.1) is 18.2 Å². The van der Waals surface area contributed by atoms with Gasteiger partial charge in [-0.1, -0.05) is 28.1 Å². The van der Waals surface area contributed by atoms with E-state index in [4.69, 9.17) is 4.74 Å². The normalized spacial score (nSPS) is 12.9. The van der Waals surface area contributed by atoms with Crippen LogP contribution in [0.15, 0.2) is 40.9 Å². The van der Waals surface area contributed by atoms with Crippen LogP contribution in [0.2, 0.25) is 0 Å². The number of rotatable bonds is 6. The average molecular weight is 431 g/mol. The molecule has 0 saturated carbocycles. The van der Waals surface area contributed by atoms with Crippen LogP contribution in [0.25, 0.3) is 0 Å². The molecule has 2 aromatic carbocycles. The maximum Gasteiger partial charge on any atom is 0.261 e. The van der Waals surface area contributed by atoms with Crippen LogP contribution in [0.1, 0.15) is 38.3 Å². The smallest absolute Gasteiger partial charge is 0.261 e. The summed E-state index contributed by atoms with van der Waals surface area (Å²) in [6.07, 6.45) is 0.0512. The van der Waals surface area contributed by atoms with Gasteiger partial charge in [0.2, 0.25) is 5.91 Å². The maximum absolute atomic E-state index is 12.4. The zero-order valence-electron chi connectivity index (χ0n) is 15.0. The summed E-state index contributed by atoms with van der Waals surface area (Å²) in [6.45, 7) is 2.35. The van der Waals surface area contributed by atoms with E-state index in [9.17, 15) is 14.4 Å². The molecule has 0 unspecified atom stereocenters. The molecule has 140 valence electrons. The van der Waals surface area contributed by atoms with E-state index < -0.39 is 0 Å². The first-order chi connectivity index (χ1) is 12.9. The molecule has 27 heavy (non-hydrogen) atoms. The van der Waals surface area contributed by atoms with Crippen LogP contribution in [0.3, 0.4) is 0 Å². The van der Waals surface area contributed by atoms with Crippen LogP contribution in [0, 0.1) is 6.92 Å². The third kappa shape index (κ3) is 4.03. The second kappa shape index (κ2) is 7.92. The summed E-state index contributed by atoms with van der Waals surface area (Å²) in [4.78, 5) is 38.0. The molecule has 7 heteroatoms. The highest BCUT2D eigenvalue weighted by Crippen LogP contribution is 2.26. The molecule has 1 aliphatic heterocycles. The van der Waals surface area contributed by atoms with E-state index in [1.54, 1.807) is 25.3 Å². The highest BCUT2D eigenvalue weighted by atomic mass is 79.9. The van der Waals surface area contributed by atoms with Crippen molar-refractivity contribution in [1.82, 2.24) is 10.2 Å². The van der Waals surface area contributed by atoms with Crippen LogP contribution in [-0.2, 0) is 11.3 Å². The minimum atomic E-state index is -0.368. The van der Waals surface area contributed by atoms with Crippen molar-refractivity contribution in [3.63, 3.8) is 0 Å². The molecule has 1 heterocycles. The molecular weight excluding hydrogens is 412 g/mol. The van der Waals surface area contributed by atoms with Gasteiger partial charge >= 0.3 is 0 Å². The van der Waals surface area contributed by atoms with Gasteiger partial charge in [-0.25, -0.2) is 0 Å². The molecule has 0 fully saturated rings. The molecule has 0 aliphatic carbocycles. The number of fused-ring (bicyclic) bond motifs is 1. The molecule has 6 nitrogen and oxygen atoms in total. The number of carbonyl (C=O) groups excluding carboxylic acids is 3. The van der Waals surface area contributed by atoms with Crippen LogP contribution < -0.4 is 10.1 Å². The average Bonchev–Trinajstić information content (AvgIpc) is 2.89. The van der Waals surface area contributed by atoms with Crippen molar-refractivity contribution in [1.29, 1.82) is 0 Å². The summed E-state index contributed by atoms with van der Waals surface area (Å²) < 4.78 is 6.00. The molecule has 3 amide bonds. The minimum Gasteiger partial charge on any atom is -0.496 e. The molecule has 0 spiro atoms. The second-order valence-electron chi connectivity index (χ2n) is 6.28. The third-order valence-electron chi connectivity index (χ3n) is 4.46. The third-order valence-corrected chi connectivity index (χ3v) is 4.95. The SMILES string of the molecule is COc1cc(CNC(=O)CCN2C(=O)c3ccc(Br)cc3C2=O)ccc1C. The van der Waals surface area contributed by atoms with Crippen molar-refractivity contribution < 1.29 is 19.1 Å². The van der Waals surface area contributed by atoms with Gasteiger partial charge in [-0.2, -0.15) is 0 Å². The van der Waals surface area contributed by atoms with E-state index in [0.29, 0.717) is 17.7 Å². The predicted octanol–water partition coefficient (Wildman–Crippen LogP) is 3.07. The first-order valence-electron chi connectivity index (χ1n) is 8.46. The summed E-state index contributed by atoms with van der Waals surface area (Å²) in [5, 5.41) is 2.80. The van der Waals surface area contributed by atoms with Gasteiger partial charge in [0, 0.05) is 24.0 Å². The summed E-state index contributed by atoms with van der Waals surface area (Å²) in [5.74, 6) is -0.197. The van der Waals surface area contributed by atoms with Gasteiger partial charge in [0.25, 0.3) is 11.8 Å². The van der Waals surface area contributed by atoms with Gasteiger partial charge in [-0.15, -0.1) is 0 Å². The number of amides is 3. The number of carbonyl (C=O) groups is 3. The van der Waals surface area contributed by atoms with E-state index in [-0.39, 0.29) is 30.7 Å². The lowest BCUT2D eigenvalue weighted by atomic mass is 10.1. The Morgan fingerprint density at radius 1 is 1.11 bits per heavy atom. The first kappa shape index (κ1) is 19.1. The number of methoxy groups -OCH3 is 1. The molecule has 0 atom stereocenters. The Morgan fingerprint density at radius 3 is 2.59 bits per heavy atom. The Labute approximate surface area is 165 Å². The summed E-state index contributed by atoms with van der Waals surface area (Å²) in [5.41, 5.74) is 2.66. The zero-order chi connectivity index (χ0) is 19.6. The molecule has 0 bridgehead atoms. The van der Waals surface area contributed by atoms with Crippen molar-refractivity contribution >= 4 is 33.7 Å². The molecule has 3 rings (SSSR count). The van der Waals surface area contributed by atoms with Gasteiger partial charge in [0.1, 0.15) is 5.75 Å². The number of hydrogen-bond donors (Lipinski definition) is 1. The lowest BCUT2D eigenvalue weighted by molar-refractivity contribution is -0.121. The number of benzene rings is 2. The van der Waals surface area contributed by atoms with Gasteiger partial charge in [0.15, 0.2) is 0 Å². The molecule has 2 aromatic rings. The molecule has 0 aromatic heterocycles. The molecule has 0 radical (unpaired) electrons. The number of imide groups is 1. The van der Waals surface area contributed by atoms with Crippen LogP contribution in [0.4, 0.5) is 0 Å². The van der Waals surface area contributed by atoms with E-state index in [0.717, 1.165) is 26.2 Å². The zero-order valence-corrected chi connectivity index (χ0v) is 16.6. The molecule has 0 saturated heterocycles. The Balaban J connectivity index is 1.55. The predicted molar refractivity (Wildman–Crippen MR) is 104 cm³/mol. The lowest BCUT2D eigenvalue weighted by Crippen LogP contribution is -2.34. The Bertz CT molecular complexity index is 926. The van der Waals surface area contributed by atoms with E-state index in [2.05, 4.69) is 21.2 Å². The fraction of sp³-hybridized carbons (Fsp3) is 0.250. The molecule has 1 aliphatic rings. The largest absolute Gasteiger partial charge is 0.496 e. The first-order valence-corrected chi connectivity index (χ1v) is 9.26. The van der Waals surface area contributed by atoms with Crippen LogP contribution in [-0.4, -0.2) is 36.3 Å². The van der Waals surface area contributed by atoms with Crippen molar-refractivity contribution in [2.75, 3.05) is 13.7 Å². The highest BCUT2D eigenvalue weighted by Gasteiger charge is 2.35. The van der Waals surface area contributed by atoms with Crippen molar-refractivity contribution in [2.24, 2.45) is 0 Å². The van der Waals surface area contributed by atoms with Crippen molar-refractivity contribution in [2.45, 2.75) is 19.9 Å². The fourth-order valence-electron chi connectivity index (χ4n) is 2.94. The summed E-state index contributed by atoms with van der Waals surface area (Å²) in [7, 11) is 1.60. The summed E-state index contributed by atoms with van der Waals surface area (Å²) >= 11 is 3.30. The van der Waals surface area contributed by atoms with E-state index in [1.807, 2.05) is 25.1 Å². The van der Waals surface area contributed by atoms with E-state index in [1.165, 1.54) is 0 Å². The molecular formula is C20H19BrN2O4. The number of ether oxygens (including phenoxy) is 1. The van der Waals surface area contributed by atoms with Gasteiger partial charge in [-0.05, 0) is 42.3 Å². The number of hydrogen-bond acceptors (Lipinski definition) is 4. The lowest BCUT2D eigenvalue weighted by Gasteiger charge is -2.14. The number of nitrogens with one attached hydrogen (secondary N) is 1. The summed E-state index contributed by atoms with van der Waals surface area (Å²) in [6, 6.07) is 10.7. The number of nitrogens with zero attached hydrogens (tertiary/aromatic N) is 1. The van der Waals surface area contributed by atoms with E-state index >= 15 is 0 Å². The Kier molecular flexibility index (Phi) is 5.60. The quantitative estimate of drug-likeness (QED) is 0.714.